The smallest absolute Gasteiger partial charge is 0.254 e. The Kier molecular flexibility index (Phi) is 6.52. The summed E-state index contributed by atoms with van der Waals surface area (Å²) >= 11 is 5.78. The summed E-state index contributed by atoms with van der Waals surface area (Å²) in [4.78, 5) is 20.2. The van der Waals surface area contributed by atoms with Crippen LogP contribution in [0.2, 0.25) is 5.02 Å². The standard InChI is InChI=1S/C18H21ClFN5O/c1-10(18(26)25-17(23)7-16(22)11-2-3-11)12(8-21)9-24-15-5-13(19)4-14(20)6-15/h4-11H,2-3,21-22H2,1H3,(H2,23,25,26)/b12-8+,16-7-,24-9?. The summed E-state index contributed by atoms with van der Waals surface area (Å²) in [5.41, 5.74) is 18.5. The second-order valence-corrected chi connectivity index (χ2v) is 6.50. The fourth-order valence-electron chi connectivity index (χ4n) is 2.17. The minimum absolute atomic E-state index is 0.0523. The van der Waals surface area contributed by atoms with E-state index in [2.05, 4.69) is 9.98 Å². The highest BCUT2D eigenvalue weighted by atomic mass is 35.5. The maximum atomic E-state index is 13.3. The number of carbonyl (C=O) groups excluding carboxylic acids is 1. The molecule has 1 atom stereocenters. The van der Waals surface area contributed by atoms with Gasteiger partial charge >= 0.3 is 0 Å². The van der Waals surface area contributed by atoms with Gasteiger partial charge in [0.15, 0.2) is 0 Å². The van der Waals surface area contributed by atoms with Crippen LogP contribution in [-0.2, 0) is 4.79 Å². The molecule has 1 unspecified atom stereocenters. The van der Waals surface area contributed by atoms with Crippen molar-refractivity contribution < 1.29 is 9.18 Å². The van der Waals surface area contributed by atoms with Crippen molar-refractivity contribution in [2.45, 2.75) is 19.8 Å². The third-order valence-electron chi connectivity index (χ3n) is 3.88. The first kappa shape index (κ1) is 19.7. The van der Waals surface area contributed by atoms with Gasteiger partial charge in [-0.2, -0.15) is 4.99 Å². The van der Waals surface area contributed by atoms with Crippen molar-refractivity contribution >= 4 is 35.2 Å². The molecule has 2 rings (SSSR count). The number of halogens is 2. The van der Waals surface area contributed by atoms with Crippen LogP contribution in [-0.4, -0.2) is 18.0 Å². The van der Waals surface area contributed by atoms with E-state index >= 15 is 0 Å². The number of amides is 1. The summed E-state index contributed by atoms with van der Waals surface area (Å²) in [6.07, 6.45) is 6.18. The quantitative estimate of drug-likeness (QED) is 0.521. The van der Waals surface area contributed by atoms with E-state index in [1.165, 1.54) is 36.7 Å². The Morgan fingerprint density at radius 3 is 2.62 bits per heavy atom. The normalized spacial score (nSPS) is 17.6. The first-order chi connectivity index (χ1) is 12.3. The average Bonchev–Trinajstić information content (AvgIpc) is 3.39. The van der Waals surface area contributed by atoms with Gasteiger partial charge in [0.05, 0.1) is 11.6 Å². The molecule has 1 amide bonds. The van der Waals surface area contributed by atoms with Gasteiger partial charge in [0.25, 0.3) is 5.91 Å². The average molecular weight is 378 g/mol. The number of hydrogen-bond acceptors (Lipinski definition) is 4. The molecule has 0 radical (unpaired) electrons. The number of rotatable bonds is 6. The van der Waals surface area contributed by atoms with Crippen molar-refractivity contribution in [3.63, 3.8) is 0 Å². The lowest BCUT2D eigenvalue weighted by Crippen LogP contribution is -2.19. The Hall–Kier alpha value is -2.67. The molecule has 1 aromatic carbocycles. The molecular formula is C18H21ClFN5O. The SMILES string of the molecule is CC(C(=O)N=C(N)/C=C(\N)C1CC1)/C(C=Nc1cc(F)cc(Cl)c1)=C/N. The number of carbonyl (C=O) groups is 1. The summed E-state index contributed by atoms with van der Waals surface area (Å²) in [6, 6.07) is 3.87. The number of nitrogens with zero attached hydrogens (tertiary/aromatic N) is 2. The van der Waals surface area contributed by atoms with Crippen molar-refractivity contribution in [2.24, 2.45) is 39.0 Å². The molecular weight excluding hydrogens is 357 g/mol. The first-order valence-corrected chi connectivity index (χ1v) is 8.45. The van der Waals surface area contributed by atoms with Crippen LogP contribution in [0.5, 0.6) is 0 Å². The lowest BCUT2D eigenvalue weighted by Gasteiger charge is -2.08. The van der Waals surface area contributed by atoms with E-state index in [0.29, 0.717) is 22.9 Å². The minimum Gasteiger partial charge on any atom is -0.404 e. The molecule has 1 aliphatic carbocycles. The van der Waals surface area contributed by atoms with Crippen molar-refractivity contribution in [1.29, 1.82) is 0 Å². The zero-order valence-electron chi connectivity index (χ0n) is 14.3. The van der Waals surface area contributed by atoms with E-state index in [1.807, 2.05) is 0 Å². The Balaban J connectivity index is 2.09. The van der Waals surface area contributed by atoms with Crippen molar-refractivity contribution in [1.82, 2.24) is 0 Å². The van der Waals surface area contributed by atoms with E-state index < -0.39 is 17.6 Å². The van der Waals surface area contributed by atoms with Gasteiger partial charge in [-0.25, -0.2) is 4.39 Å². The lowest BCUT2D eigenvalue weighted by molar-refractivity contribution is -0.119. The lowest BCUT2D eigenvalue weighted by atomic mass is 10.0. The zero-order chi connectivity index (χ0) is 19.3. The van der Waals surface area contributed by atoms with Gasteiger partial charge in [-0.15, -0.1) is 0 Å². The number of allylic oxidation sites excluding steroid dienone is 1. The van der Waals surface area contributed by atoms with E-state index in [1.54, 1.807) is 6.92 Å². The predicted octanol–water partition coefficient (Wildman–Crippen LogP) is 2.80. The highest BCUT2D eigenvalue weighted by Crippen LogP contribution is 2.33. The van der Waals surface area contributed by atoms with Gasteiger partial charge in [0.2, 0.25) is 0 Å². The molecule has 0 heterocycles. The third kappa shape index (κ3) is 5.70. The molecule has 1 fully saturated rings. The summed E-state index contributed by atoms with van der Waals surface area (Å²) < 4.78 is 13.3. The largest absolute Gasteiger partial charge is 0.404 e. The molecule has 0 spiro atoms. The van der Waals surface area contributed by atoms with E-state index in [0.717, 1.165) is 12.8 Å². The summed E-state index contributed by atoms with van der Waals surface area (Å²) in [5.74, 6) is -1.29. The minimum atomic E-state index is -0.679. The summed E-state index contributed by atoms with van der Waals surface area (Å²) in [7, 11) is 0. The number of nitrogens with two attached hydrogens (primary N) is 3. The monoisotopic (exact) mass is 377 g/mol. The van der Waals surface area contributed by atoms with Crippen LogP contribution in [0.3, 0.4) is 0 Å². The second kappa shape index (κ2) is 8.62. The fraction of sp³-hybridized carbons (Fsp3) is 0.278. The topological polar surface area (TPSA) is 120 Å². The van der Waals surface area contributed by atoms with Gasteiger partial charge in [-0.3, -0.25) is 9.79 Å². The van der Waals surface area contributed by atoms with E-state index in [4.69, 9.17) is 28.8 Å². The summed E-state index contributed by atoms with van der Waals surface area (Å²) in [5, 5.41) is 0.219. The van der Waals surface area contributed by atoms with Crippen molar-refractivity contribution in [3.8, 4) is 0 Å². The molecule has 138 valence electrons. The van der Waals surface area contributed by atoms with E-state index in [9.17, 15) is 9.18 Å². The molecule has 6 N–H and O–H groups in total. The maximum absolute atomic E-state index is 13.3. The van der Waals surface area contributed by atoms with Gasteiger partial charge in [-0.05, 0) is 61.7 Å². The van der Waals surface area contributed by atoms with Crippen LogP contribution in [0, 0.1) is 17.7 Å². The van der Waals surface area contributed by atoms with Crippen molar-refractivity contribution in [2.75, 3.05) is 0 Å². The van der Waals surface area contributed by atoms with Crippen molar-refractivity contribution in [3.05, 3.63) is 52.6 Å². The fourth-order valence-corrected chi connectivity index (χ4v) is 2.38. The maximum Gasteiger partial charge on any atom is 0.254 e. The number of amidine groups is 1. The Morgan fingerprint density at radius 1 is 1.35 bits per heavy atom. The molecule has 0 aromatic heterocycles. The van der Waals surface area contributed by atoms with Crippen LogP contribution < -0.4 is 17.2 Å². The van der Waals surface area contributed by atoms with Crippen LogP contribution in [0.4, 0.5) is 10.1 Å². The highest BCUT2D eigenvalue weighted by Gasteiger charge is 2.24. The number of hydrogen-bond donors (Lipinski definition) is 3. The number of benzene rings is 1. The Labute approximate surface area is 156 Å². The van der Waals surface area contributed by atoms with Gasteiger partial charge < -0.3 is 17.2 Å². The first-order valence-electron chi connectivity index (χ1n) is 8.07. The van der Waals surface area contributed by atoms with Crippen LogP contribution in [0.25, 0.3) is 0 Å². The summed E-state index contributed by atoms with van der Waals surface area (Å²) in [6.45, 7) is 1.62. The van der Waals surface area contributed by atoms with Gasteiger partial charge in [0.1, 0.15) is 11.7 Å². The third-order valence-corrected chi connectivity index (χ3v) is 4.09. The second-order valence-electron chi connectivity index (χ2n) is 6.07. The van der Waals surface area contributed by atoms with Crippen LogP contribution in [0.1, 0.15) is 19.8 Å². The molecule has 0 saturated heterocycles. The highest BCUT2D eigenvalue weighted by molar-refractivity contribution is 6.30. The molecule has 26 heavy (non-hydrogen) atoms. The molecule has 1 saturated carbocycles. The Bertz CT molecular complexity index is 792. The molecule has 1 aromatic rings. The molecule has 8 heteroatoms. The molecule has 6 nitrogen and oxygen atoms in total. The zero-order valence-corrected chi connectivity index (χ0v) is 15.1. The molecule has 0 bridgehead atoms. The van der Waals surface area contributed by atoms with Crippen LogP contribution >= 0.6 is 11.6 Å². The van der Waals surface area contributed by atoms with E-state index in [-0.39, 0.29) is 10.9 Å². The number of aliphatic imine (C=N–C) groups is 2. The van der Waals surface area contributed by atoms with Gasteiger partial charge in [0, 0.05) is 16.9 Å². The van der Waals surface area contributed by atoms with Gasteiger partial charge in [-0.1, -0.05) is 11.6 Å². The molecule has 0 aliphatic heterocycles. The van der Waals surface area contributed by atoms with Crippen LogP contribution in [0.15, 0.2) is 51.7 Å². The Morgan fingerprint density at radius 2 is 2.04 bits per heavy atom. The molecule has 1 aliphatic rings. The predicted molar refractivity (Wildman–Crippen MR) is 103 cm³/mol.